The first-order valence-electron chi connectivity index (χ1n) is 8.26. The Labute approximate surface area is 163 Å². The highest BCUT2D eigenvalue weighted by Gasteiger charge is 2.33. The third-order valence-corrected chi connectivity index (χ3v) is 6.69. The predicted molar refractivity (Wildman–Crippen MR) is 106 cm³/mol. The number of thiophene rings is 1. The highest BCUT2D eigenvalue weighted by atomic mass is 32.1. The number of carbonyl (C=O) groups excluding carboxylic acids is 1. The van der Waals surface area contributed by atoms with Crippen molar-refractivity contribution in [3.05, 3.63) is 41.6 Å². The summed E-state index contributed by atoms with van der Waals surface area (Å²) in [5.74, 6) is -0.305. The van der Waals surface area contributed by atoms with Crippen LogP contribution in [0.25, 0.3) is 20.8 Å². The second kappa shape index (κ2) is 6.75. The largest absolute Gasteiger partial charge is 0.465 e. The van der Waals surface area contributed by atoms with Gasteiger partial charge in [-0.25, -0.2) is 9.78 Å². The van der Waals surface area contributed by atoms with Crippen LogP contribution in [0.1, 0.15) is 17.4 Å². The number of carboxylic acid groups (broad SMARTS) is 1. The van der Waals surface area contributed by atoms with Gasteiger partial charge in [0.05, 0.1) is 17.4 Å². The molecular formula is C18H16N4O3S2. The van der Waals surface area contributed by atoms with Gasteiger partial charge in [-0.05, 0) is 31.1 Å². The van der Waals surface area contributed by atoms with Crippen molar-refractivity contribution >= 4 is 49.9 Å². The Balaban J connectivity index is 1.87. The van der Waals surface area contributed by atoms with Gasteiger partial charge in [0.2, 0.25) is 5.91 Å². The van der Waals surface area contributed by atoms with Crippen molar-refractivity contribution in [1.29, 1.82) is 0 Å². The van der Waals surface area contributed by atoms with E-state index in [9.17, 15) is 14.7 Å². The SMILES string of the molecule is C=CC(=O)Nc1sc2c(c1-c1nc3cnccc3s1)C[C@@H](C)N(C(=O)O)C2. The lowest BCUT2D eigenvalue weighted by Gasteiger charge is -2.31. The maximum atomic E-state index is 11.9. The molecule has 0 bridgehead atoms. The lowest BCUT2D eigenvalue weighted by Crippen LogP contribution is -2.41. The van der Waals surface area contributed by atoms with E-state index in [1.54, 1.807) is 12.4 Å². The second-order valence-electron chi connectivity index (χ2n) is 6.23. The van der Waals surface area contributed by atoms with E-state index in [1.165, 1.54) is 33.6 Å². The van der Waals surface area contributed by atoms with Crippen LogP contribution in [0.2, 0.25) is 0 Å². The first-order valence-corrected chi connectivity index (χ1v) is 9.89. The predicted octanol–water partition coefficient (Wildman–Crippen LogP) is 3.97. The van der Waals surface area contributed by atoms with Gasteiger partial charge in [0.15, 0.2) is 0 Å². The first-order chi connectivity index (χ1) is 13.0. The maximum absolute atomic E-state index is 11.9. The summed E-state index contributed by atoms with van der Waals surface area (Å²) >= 11 is 2.93. The van der Waals surface area contributed by atoms with Crippen LogP contribution in [-0.4, -0.2) is 38.0 Å². The third-order valence-electron chi connectivity index (χ3n) is 4.51. The van der Waals surface area contributed by atoms with Gasteiger partial charge in [-0.2, -0.15) is 0 Å². The maximum Gasteiger partial charge on any atom is 0.407 e. The number of nitrogens with one attached hydrogen (secondary N) is 1. The summed E-state index contributed by atoms with van der Waals surface area (Å²) < 4.78 is 1.01. The number of thiazole rings is 1. The van der Waals surface area contributed by atoms with Gasteiger partial charge in [-0.1, -0.05) is 6.58 Å². The van der Waals surface area contributed by atoms with Crippen LogP contribution in [0, 0.1) is 0 Å². The van der Waals surface area contributed by atoms with E-state index >= 15 is 0 Å². The zero-order valence-corrected chi connectivity index (χ0v) is 16.1. The minimum atomic E-state index is -0.939. The molecule has 0 unspecified atom stereocenters. The van der Waals surface area contributed by atoms with Crippen LogP contribution < -0.4 is 5.32 Å². The van der Waals surface area contributed by atoms with Crippen molar-refractivity contribution < 1.29 is 14.7 Å². The summed E-state index contributed by atoms with van der Waals surface area (Å²) in [5.41, 5.74) is 2.73. The number of anilines is 1. The van der Waals surface area contributed by atoms with Gasteiger partial charge in [0.25, 0.3) is 0 Å². The molecule has 0 aromatic carbocycles. The molecule has 1 aliphatic rings. The molecule has 0 saturated carbocycles. The van der Waals surface area contributed by atoms with Gasteiger partial charge in [-0.15, -0.1) is 22.7 Å². The highest BCUT2D eigenvalue weighted by molar-refractivity contribution is 7.22. The van der Waals surface area contributed by atoms with Crippen LogP contribution >= 0.6 is 22.7 Å². The standard InChI is InChI=1S/C18H16N4O3S2/c1-3-14(23)21-17-15(16-20-11-7-19-5-4-12(11)26-16)10-6-9(2)22(18(24)25)8-13(10)27-17/h3-5,7,9H,1,6,8H2,2H3,(H,21,23)(H,24,25)/t9-/m1/s1. The van der Waals surface area contributed by atoms with E-state index in [0.717, 1.165) is 31.2 Å². The van der Waals surface area contributed by atoms with Gasteiger partial charge >= 0.3 is 6.09 Å². The first kappa shape index (κ1) is 17.6. The number of nitrogens with zero attached hydrogens (tertiary/aromatic N) is 3. The summed E-state index contributed by atoms with van der Waals surface area (Å²) in [6.45, 7) is 5.71. The van der Waals surface area contributed by atoms with Crippen LogP contribution in [0.3, 0.4) is 0 Å². The number of hydrogen-bond acceptors (Lipinski definition) is 6. The van der Waals surface area contributed by atoms with Gasteiger partial charge in [0, 0.05) is 22.7 Å². The highest BCUT2D eigenvalue weighted by Crippen LogP contribution is 2.46. The monoisotopic (exact) mass is 400 g/mol. The molecule has 1 aliphatic heterocycles. The zero-order chi connectivity index (χ0) is 19.1. The van der Waals surface area contributed by atoms with E-state index in [-0.39, 0.29) is 11.9 Å². The van der Waals surface area contributed by atoms with Crippen molar-refractivity contribution in [2.75, 3.05) is 5.32 Å². The number of fused-ring (bicyclic) bond motifs is 2. The number of hydrogen-bond donors (Lipinski definition) is 2. The molecule has 3 aromatic heterocycles. The lowest BCUT2D eigenvalue weighted by molar-refractivity contribution is -0.111. The Bertz CT molecular complexity index is 1040. The van der Waals surface area contributed by atoms with Crippen LogP contribution in [0.4, 0.5) is 9.80 Å². The molecule has 0 saturated heterocycles. The second-order valence-corrected chi connectivity index (χ2v) is 8.36. The number of carbonyl (C=O) groups is 2. The number of pyridine rings is 1. The zero-order valence-electron chi connectivity index (χ0n) is 14.4. The molecule has 0 fully saturated rings. The molecule has 0 aliphatic carbocycles. The van der Waals surface area contributed by atoms with Crippen molar-refractivity contribution in [2.24, 2.45) is 0 Å². The van der Waals surface area contributed by atoms with Crippen molar-refractivity contribution in [2.45, 2.75) is 25.9 Å². The average molecular weight is 400 g/mol. The van der Waals surface area contributed by atoms with Crippen LogP contribution in [0.5, 0.6) is 0 Å². The lowest BCUT2D eigenvalue weighted by atomic mass is 9.98. The Hall–Kier alpha value is -2.78. The Kier molecular flexibility index (Phi) is 4.40. The summed E-state index contributed by atoms with van der Waals surface area (Å²) in [6, 6.07) is 1.76. The Morgan fingerprint density at radius 1 is 1.44 bits per heavy atom. The molecule has 4 heterocycles. The number of amides is 2. The molecule has 2 N–H and O–H groups in total. The van der Waals surface area contributed by atoms with Crippen molar-refractivity contribution in [3.63, 3.8) is 0 Å². The van der Waals surface area contributed by atoms with E-state index in [2.05, 4.69) is 16.9 Å². The molecule has 138 valence electrons. The summed E-state index contributed by atoms with van der Waals surface area (Å²) in [7, 11) is 0. The Morgan fingerprint density at radius 3 is 2.96 bits per heavy atom. The van der Waals surface area contributed by atoms with E-state index in [4.69, 9.17) is 4.98 Å². The summed E-state index contributed by atoms with van der Waals surface area (Å²) in [6.07, 6.45) is 4.29. The fourth-order valence-corrected chi connectivity index (χ4v) is 5.50. The Morgan fingerprint density at radius 2 is 2.26 bits per heavy atom. The molecule has 7 nitrogen and oxygen atoms in total. The normalized spacial score (nSPS) is 16.2. The fraction of sp³-hybridized carbons (Fsp3) is 0.222. The average Bonchev–Trinajstić information content (AvgIpc) is 3.20. The van der Waals surface area contributed by atoms with Crippen LogP contribution in [-0.2, 0) is 17.8 Å². The number of aromatic nitrogens is 2. The molecule has 0 spiro atoms. The van der Waals surface area contributed by atoms with Crippen molar-refractivity contribution in [3.8, 4) is 10.6 Å². The molecule has 9 heteroatoms. The molecular weight excluding hydrogens is 384 g/mol. The molecule has 3 aromatic rings. The molecule has 1 atom stereocenters. The van der Waals surface area contributed by atoms with Crippen LogP contribution in [0.15, 0.2) is 31.1 Å². The third kappa shape index (κ3) is 3.08. The molecule has 2 amide bonds. The van der Waals surface area contributed by atoms with E-state index in [0.29, 0.717) is 18.0 Å². The topological polar surface area (TPSA) is 95.4 Å². The summed E-state index contributed by atoms with van der Waals surface area (Å²) in [5, 5.41) is 13.8. The minimum absolute atomic E-state index is 0.151. The molecule has 27 heavy (non-hydrogen) atoms. The van der Waals surface area contributed by atoms with Gasteiger partial charge in [-0.3, -0.25) is 9.78 Å². The number of rotatable bonds is 3. The van der Waals surface area contributed by atoms with Gasteiger partial charge in [0.1, 0.15) is 15.5 Å². The quantitative estimate of drug-likeness (QED) is 0.649. The smallest absolute Gasteiger partial charge is 0.407 e. The molecule has 0 radical (unpaired) electrons. The van der Waals surface area contributed by atoms with E-state index < -0.39 is 6.09 Å². The van der Waals surface area contributed by atoms with Gasteiger partial charge < -0.3 is 15.3 Å². The van der Waals surface area contributed by atoms with E-state index in [1.807, 2.05) is 13.0 Å². The summed E-state index contributed by atoms with van der Waals surface area (Å²) in [4.78, 5) is 34.6. The van der Waals surface area contributed by atoms with Crippen molar-refractivity contribution in [1.82, 2.24) is 14.9 Å². The fourth-order valence-electron chi connectivity index (χ4n) is 3.19. The molecule has 4 rings (SSSR count). The minimum Gasteiger partial charge on any atom is -0.465 e.